The van der Waals surface area contributed by atoms with Crippen molar-refractivity contribution in [2.24, 2.45) is 0 Å². The molecule has 4 aromatic rings. The molecule has 0 saturated carbocycles. The summed E-state index contributed by atoms with van der Waals surface area (Å²) in [5.74, 6) is 1.83. The van der Waals surface area contributed by atoms with Crippen LogP contribution in [-0.2, 0) is 13.0 Å². The maximum atomic E-state index is 14.5. The highest BCUT2D eigenvalue weighted by molar-refractivity contribution is 14.1. The zero-order valence-corrected chi connectivity index (χ0v) is 18.6. The Bertz CT molecular complexity index is 1290. The number of nitrogens with zero attached hydrogens (tertiary/aromatic N) is 5. The van der Waals surface area contributed by atoms with Crippen LogP contribution in [0.2, 0.25) is 0 Å². The van der Waals surface area contributed by atoms with E-state index < -0.39 is 0 Å². The summed E-state index contributed by atoms with van der Waals surface area (Å²) < 4.78 is 22.8. The van der Waals surface area contributed by atoms with Crippen LogP contribution in [0.5, 0.6) is 5.75 Å². The maximum absolute atomic E-state index is 14.5. The van der Waals surface area contributed by atoms with Crippen LogP contribution in [0.4, 0.5) is 10.3 Å². The fraction of sp³-hybridized carbons (Fsp3) is 0.238. The van der Waals surface area contributed by atoms with Crippen LogP contribution in [0, 0.1) is 23.4 Å². The lowest BCUT2D eigenvalue weighted by molar-refractivity contribution is 0.356. The molecule has 0 spiro atoms. The summed E-state index contributed by atoms with van der Waals surface area (Å²) in [4.78, 5) is 17.9. The van der Waals surface area contributed by atoms with E-state index in [2.05, 4.69) is 47.8 Å². The molecule has 1 aliphatic heterocycles. The number of rotatable bonds is 4. The van der Waals surface area contributed by atoms with Crippen molar-refractivity contribution in [1.29, 1.82) is 0 Å². The molecule has 0 saturated heterocycles. The van der Waals surface area contributed by atoms with Crippen LogP contribution < -0.4 is 10.1 Å². The van der Waals surface area contributed by atoms with Crippen molar-refractivity contribution in [3.63, 3.8) is 0 Å². The highest BCUT2D eigenvalue weighted by atomic mass is 127. The van der Waals surface area contributed by atoms with Crippen LogP contribution in [0.1, 0.15) is 22.6 Å². The maximum Gasteiger partial charge on any atom is 0.209 e. The normalized spacial score (nSPS) is 12.8. The van der Waals surface area contributed by atoms with Gasteiger partial charge in [0.2, 0.25) is 5.95 Å². The van der Waals surface area contributed by atoms with Crippen LogP contribution in [-0.4, -0.2) is 30.9 Å². The third-order valence-electron chi connectivity index (χ3n) is 5.28. The first-order chi connectivity index (χ1) is 14.5. The smallest absolute Gasteiger partial charge is 0.209 e. The molecular weight excluding hydrogens is 498 g/mol. The minimum absolute atomic E-state index is 0.243. The highest BCUT2D eigenvalue weighted by Gasteiger charge is 2.20. The molecular formula is C21H18FIN6O. The molecule has 3 aromatic heterocycles. The second-order valence-electron chi connectivity index (χ2n) is 7.12. The number of imidazole rings is 1. The number of aryl methyl sites for hydroxylation is 2. The summed E-state index contributed by atoms with van der Waals surface area (Å²) in [6.07, 6.45) is 6.03. The van der Waals surface area contributed by atoms with Crippen molar-refractivity contribution in [2.75, 3.05) is 11.9 Å². The first-order valence-electron chi connectivity index (χ1n) is 9.52. The number of benzene rings is 1. The van der Waals surface area contributed by atoms with E-state index in [0.717, 1.165) is 43.2 Å². The molecule has 0 unspecified atom stereocenters. The lowest BCUT2D eigenvalue weighted by Crippen LogP contribution is -2.10. The molecule has 4 heterocycles. The van der Waals surface area contributed by atoms with Gasteiger partial charge in [-0.3, -0.25) is 4.40 Å². The number of ether oxygens (including phenoxy) is 1. The van der Waals surface area contributed by atoms with Crippen molar-refractivity contribution in [3.8, 4) is 16.9 Å². The Morgan fingerprint density at radius 2 is 2.00 bits per heavy atom. The van der Waals surface area contributed by atoms with Gasteiger partial charge in [0.1, 0.15) is 27.4 Å². The molecule has 152 valence electrons. The van der Waals surface area contributed by atoms with Crippen LogP contribution in [0.25, 0.3) is 16.6 Å². The second-order valence-corrected chi connectivity index (χ2v) is 8.14. The fourth-order valence-corrected chi connectivity index (χ4v) is 4.50. The molecule has 1 N–H and O–H groups in total. The van der Waals surface area contributed by atoms with Gasteiger partial charge in [0, 0.05) is 53.3 Å². The Morgan fingerprint density at radius 1 is 1.17 bits per heavy atom. The second kappa shape index (κ2) is 7.46. The number of halogens is 2. The van der Waals surface area contributed by atoms with E-state index in [4.69, 9.17) is 4.74 Å². The molecule has 0 fully saturated rings. The van der Waals surface area contributed by atoms with Gasteiger partial charge in [0.15, 0.2) is 0 Å². The van der Waals surface area contributed by atoms with Gasteiger partial charge in [-0.05, 0) is 48.6 Å². The summed E-state index contributed by atoms with van der Waals surface area (Å²) in [7, 11) is 0. The minimum atomic E-state index is -0.243. The zero-order valence-electron chi connectivity index (χ0n) is 16.4. The predicted molar refractivity (Wildman–Crippen MR) is 119 cm³/mol. The van der Waals surface area contributed by atoms with Crippen LogP contribution >= 0.6 is 22.6 Å². The molecule has 1 aromatic carbocycles. The van der Waals surface area contributed by atoms with E-state index in [1.54, 1.807) is 18.6 Å². The highest BCUT2D eigenvalue weighted by Crippen LogP contribution is 2.32. The van der Waals surface area contributed by atoms with Crippen molar-refractivity contribution in [1.82, 2.24) is 24.3 Å². The summed E-state index contributed by atoms with van der Waals surface area (Å²) in [5.41, 5.74) is 5.13. The molecule has 9 heteroatoms. The van der Waals surface area contributed by atoms with Crippen molar-refractivity contribution >= 4 is 34.1 Å². The SMILES string of the molecule is Cc1ncc(-c2cnc(NCc3c(F)ccc4c3CCO4)n3cnc(I)c23)c(C)n1. The number of hydrogen-bond acceptors (Lipinski definition) is 6. The number of aromatic nitrogens is 5. The summed E-state index contributed by atoms with van der Waals surface area (Å²) >= 11 is 2.21. The molecule has 1 aliphatic rings. The van der Waals surface area contributed by atoms with E-state index in [0.29, 0.717) is 31.1 Å². The topological polar surface area (TPSA) is 77.2 Å². The third kappa shape index (κ3) is 3.17. The Labute approximate surface area is 185 Å². The minimum Gasteiger partial charge on any atom is -0.493 e. The Morgan fingerprint density at radius 3 is 2.83 bits per heavy atom. The molecule has 0 atom stereocenters. The quantitative estimate of drug-likeness (QED) is 0.412. The fourth-order valence-electron chi connectivity index (χ4n) is 3.83. The van der Waals surface area contributed by atoms with Crippen molar-refractivity contribution in [3.05, 3.63) is 63.0 Å². The van der Waals surface area contributed by atoms with E-state index in [1.165, 1.54) is 6.07 Å². The first-order valence-corrected chi connectivity index (χ1v) is 10.6. The van der Waals surface area contributed by atoms with Gasteiger partial charge in [-0.15, -0.1) is 0 Å². The Balaban J connectivity index is 1.54. The van der Waals surface area contributed by atoms with E-state index in [-0.39, 0.29) is 5.82 Å². The number of nitrogens with one attached hydrogen (secondary N) is 1. The van der Waals surface area contributed by atoms with E-state index >= 15 is 0 Å². The van der Waals surface area contributed by atoms with Gasteiger partial charge >= 0.3 is 0 Å². The van der Waals surface area contributed by atoms with Crippen LogP contribution in [0.3, 0.4) is 0 Å². The average Bonchev–Trinajstić information content (AvgIpc) is 3.35. The monoisotopic (exact) mass is 516 g/mol. The summed E-state index contributed by atoms with van der Waals surface area (Å²) in [6.45, 7) is 4.71. The lowest BCUT2D eigenvalue weighted by Gasteiger charge is -2.14. The number of hydrogen-bond donors (Lipinski definition) is 1. The molecule has 0 bridgehead atoms. The van der Waals surface area contributed by atoms with Gasteiger partial charge in [-0.1, -0.05) is 0 Å². The zero-order chi connectivity index (χ0) is 20.8. The molecule has 0 amide bonds. The largest absolute Gasteiger partial charge is 0.493 e. The van der Waals surface area contributed by atoms with E-state index in [9.17, 15) is 4.39 Å². The van der Waals surface area contributed by atoms with Gasteiger partial charge in [0.05, 0.1) is 12.1 Å². The molecule has 0 aliphatic carbocycles. The molecule has 7 nitrogen and oxygen atoms in total. The third-order valence-corrected chi connectivity index (χ3v) is 6.07. The number of anilines is 1. The van der Waals surface area contributed by atoms with Gasteiger partial charge in [-0.2, -0.15) is 0 Å². The van der Waals surface area contributed by atoms with E-state index in [1.807, 2.05) is 24.4 Å². The standard InChI is InChI=1S/C21H18FIN6O/c1-11-14(7-24-12(2)28-11)16-9-26-21(29-10-27-20(23)19(16)29)25-8-15-13-5-6-30-18(13)4-3-17(15)22/h3-4,7,9-10H,5-6,8H2,1-2H3,(H,25,26). The molecule has 30 heavy (non-hydrogen) atoms. The first kappa shape index (κ1) is 19.2. The average molecular weight is 516 g/mol. The van der Waals surface area contributed by atoms with Crippen molar-refractivity contribution < 1.29 is 9.13 Å². The van der Waals surface area contributed by atoms with Gasteiger partial charge < -0.3 is 10.1 Å². The predicted octanol–water partition coefficient (Wildman–Crippen LogP) is 4.09. The van der Waals surface area contributed by atoms with Gasteiger partial charge in [-0.25, -0.2) is 24.3 Å². The van der Waals surface area contributed by atoms with Crippen LogP contribution in [0.15, 0.2) is 30.9 Å². The number of fused-ring (bicyclic) bond motifs is 2. The Hall–Kier alpha value is -2.82. The lowest BCUT2D eigenvalue weighted by atomic mass is 10.0. The summed E-state index contributed by atoms with van der Waals surface area (Å²) in [5, 5.41) is 3.27. The molecule has 0 radical (unpaired) electrons. The Kier molecular flexibility index (Phi) is 4.76. The molecule has 5 rings (SSSR count). The van der Waals surface area contributed by atoms with Crippen molar-refractivity contribution in [2.45, 2.75) is 26.8 Å². The van der Waals surface area contributed by atoms with Gasteiger partial charge in [0.25, 0.3) is 0 Å². The summed E-state index contributed by atoms with van der Waals surface area (Å²) in [6, 6.07) is 3.14.